The van der Waals surface area contributed by atoms with E-state index in [1.54, 1.807) is 0 Å². The van der Waals surface area contributed by atoms with Gasteiger partial charge in [0.1, 0.15) is 0 Å². The summed E-state index contributed by atoms with van der Waals surface area (Å²) in [7, 11) is 4.34. The molecule has 1 aliphatic heterocycles. The predicted molar refractivity (Wildman–Crippen MR) is 71.0 cm³/mol. The van der Waals surface area contributed by atoms with Crippen LogP contribution in [0.1, 0.15) is 30.2 Å². The van der Waals surface area contributed by atoms with Gasteiger partial charge in [0.2, 0.25) is 0 Å². The van der Waals surface area contributed by atoms with Crippen LogP contribution in [0.4, 0.5) is 0 Å². The Balaban J connectivity index is 2.19. The van der Waals surface area contributed by atoms with Crippen molar-refractivity contribution in [2.75, 3.05) is 27.2 Å². The number of nitrogens with one attached hydrogen (secondary N) is 1. The van der Waals surface area contributed by atoms with Gasteiger partial charge >= 0.3 is 0 Å². The van der Waals surface area contributed by atoms with E-state index in [4.69, 9.17) is 0 Å². The fourth-order valence-electron chi connectivity index (χ4n) is 2.81. The van der Waals surface area contributed by atoms with E-state index in [-0.39, 0.29) is 0 Å². The maximum Gasteiger partial charge on any atom is 0.0478 e. The molecule has 1 N–H and O–H groups in total. The summed E-state index contributed by atoms with van der Waals surface area (Å²) < 4.78 is 0. The normalized spacial score (nSPS) is 27.9. The summed E-state index contributed by atoms with van der Waals surface area (Å²) in [6, 6.07) is 5.09. The summed E-state index contributed by atoms with van der Waals surface area (Å²) in [4.78, 5) is 4.07. The average molecular weight is 238 g/mol. The summed E-state index contributed by atoms with van der Waals surface area (Å²) >= 11 is 1.90. The van der Waals surface area contributed by atoms with Crippen LogP contribution < -0.4 is 5.32 Å². The number of hydrogen-bond donors (Lipinski definition) is 1. The van der Waals surface area contributed by atoms with Gasteiger partial charge in [-0.2, -0.15) is 0 Å². The molecule has 1 fully saturated rings. The first kappa shape index (κ1) is 12.1. The van der Waals surface area contributed by atoms with E-state index in [9.17, 15) is 0 Å². The van der Waals surface area contributed by atoms with Crippen molar-refractivity contribution in [2.24, 2.45) is 5.92 Å². The van der Waals surface area contributed by atoms with Gasteiger partial charge in [-0.1, -0.05) is 12.5 Å². The van der Waals surface area contributed by atoms with Gasteiger partial charge in [-0.3, -0.25) is 4.90 Å². The molecule has 3 heteroatoms. The summed E-state index contributed by atoms with van der Waals surface area (Å²) in [5, 5.41) is 5.55. The summed E-state index contributed by atoms with van der Waals surface area (Å²) in [6.07, 6.45) is 4.07. The molecule has 0 amide bonds. The molecular formula is C13H22N2S. The molecule has 1 saturated heterocycles. The third kappa shape index (κ3) is 2.65. The zero-order valence-corrected chi connectivity index (χ0v) is 11.1. The van der Waals surface area contributed by atoms with E-state index in [1.165, 1.54) is 30.7 Å². The highest BCUT2D eigenvalue weighted by atomic mass is 32.1. The largest absolute Gasteiger partial charge is 0.319 e. The molecule has 1 aliphatic rings. The van der Waals surface area contributed by atoms with Crippen molar-refractivity contribution in [3.05, 3.63) is 22.4 Å². The monoisotopic (exact) mass is 238 g/mol. The molecule has 0 aliphatic carbocycles. The van der Waals surface area contributed by atoms with Crippen LogP contribution in [-0.4, -0.2) is 32.1 Å². The van der Waals surface area contributed by atoms with E-state index in [1.807, 2.05) is 11.3 Å². The van der Waals surface area contributed by atoms with E-state index >= 15 is 0 Å². The zero-order valence-electron chi connectivity index (χ0n) is 10.3. The molecule has 0 aromatic carbocycles. The Hall–Kier alpha value is -0.380. The average Bonchev–Trinajstić information content (AvgIpc) is 2.72. The molecule has 1 aromatic heterocycles. The Morgan fingerprint density at radius 1 is 1.50 bits per heavy atom. The van der Waals surface area contributed by atoms with Crippen molar-refractivity contribution >= 4 is 11.3 Å². The van der Waals surface area contributed by atoms with Crippen LogP contribution in [0.5, 0.6) is 0 Å². The van der Waals surface area contributed by atoms with E-state index in [0.29, 0.717) is 6.04 Å². The second-order valence-electron chi connectivity index (χ2n) is 4.75. The predicted octanol–water partition coefficient (Wildman–Crippen LogP) is 2.74. The highest BCUT2D eigenvalue weighted by Gasteiger charge is 2.28. The van der Waals surface area contributed by atoms with Crippen LogP contribution in [-0.2, 0) is 0 Å². The van der Waals surface area contributed by atoms with Crippen LogP contribution in [0.2, 0.25) is 0 Å². The van der Waals surface area contributed by atoms with Gasteiger partial charge < -0.3 is 5.32 Å². The molecule has 2 rings (SSSR count). The SMILES string of the molecule is CNCC1CCCCN(C)C1c1cccs1. The molecule has 1 aromatic rings. The lowest BCUT2D eigenvalue weighted by atomic mass is 9.93. The lowest BCUT2D eigenvalue weighted by Gasteiger charge is -2.31. The van der Waals surface area contributed by atoms with Crippen molar-refractivity contribution in [1.29, 1.82) is 0 Å². The number of likely N-dealkylation sites (tertiary alicyclic amines) is 1. The first-order valence-electron chi connectivity index (χ1n) is 6.21. The molecule has 0 radical (unpaired) electrons. The van der Waals surface area contributed by atoms with Crippen molar-refractivity contribution in [3.63, 3.8) is 0 Å². The fraction of sp³-hybridized carbons (Fsp3) is 0.692. The van der Waals surface area contributed by atoms with Gasteiger partial charge in [0.25, 0.3) is 0 Å². The number of thiophene rings is 1. The second kappa shape index (κ2) is 5.80. The number of nitrogens with zero attached hydrogens (tertiary/aromatic N) is 1. The van der Waals surface area contributed by atoms with Crippen LogP contribution in [0.25, 0.3) is 0 Å². The molecule has 0 saturated carbocycles. The maximum absolute atomic E-state index is 3.36. The summed E-state index contributed by atoms with van der Waals surface area (Å²) in [6.45, 7) is 2.37. The van der Waals surface area contributed by atoms with E-state index in [0.717, 1.165) is 12.5 Å². The first-order chi connectivity index (χ1) is 7.83. The lowest BCUT2D eigenvalue weighted by molar-refractivity contribution is 0.194. The number of rotatable bonds is 3. The Kier molecular flexibility index (Phi) is 4.38. The highest BCUT2D eigenvalue weighted by molar-refractivity contribution is 7.10. The minimum Gasteiger partial charge on any atom is -0.319 e. The van der Waals surface area contributed by atoms with Gasteiger partial charge in [-0.15, -0.1) is 11.3 Å². The molecular weight excluding hydrogens is 216 g/mol. The number of hydrogen-bond acceptors (Lipinski definition) is 3. The smallest absolute Gasteiger partial charge is 0.0478 e. The molecule has 90 valence electrons. The molecule has 2 atom stereocenters. The van der Waals surface area contributed by atoms with Crippen molar-refractivity contribution in [3.8, 4) is 0 Å². The van der Waals surface area contributed by atoms with Crippen LogP contribution in [0.3, 0.4) is 0 Å². The second-order valence-corrected chi connectivity index (χ2v) is 5.73. The van der Waals surface area contributed by atoms with E-state index in [2.05, 4.69) is 41.8 Å². The first-order valence-corrected chi connectivity index (χ1v) is 7.09. The molecule has 2 heterocycles. The summed E-state index contributed by atoms with van der Waals surface area (Å²) in [5.74, 6) is 0.760. The van der Waals surface area contributed by atoms with Gasteiger partial charge in [0.05, 0.1) is 0 Å². The Bertz CT molecular complexity index is 297. The minimum absolute atomic E-state index is 0.620. The fourth-order valence-corrected chi connectivity index (χ4v) is 3.79. The third-order valence-corrected chi connectivity index (χ3v) is 4.50. The minimum atomic E-state index is 0.620. The molecule has 0 spiro atoms. The van der Waals surface area contributed by atoms with Crippen LogP contribution >= 0.6 is 11.3 Å². The molecule has 0 bridgehead atoms. The third-order valence-electron chi connectivity index (χ3n) is 3.56. The summed E-state index contributed by atoms with van der Waals surface area (Å²) in [5.41, 5.74) is 0. The Labute approximate surface area is 103 Å². The lowest BCUT2D eigenvalue weighted by Crippen LogP contribution is -2.33. The van der Waals surface area contributed by atoms with Gasteiger partial charge in [0, 0.05) is 10.9 Å². The van der Waals surface area contributed by atoms with Gasteiger partial charge in [-0.05, 0) is 57.4 Å². The standard InChI is InChI=1S/C13H22N2S/c1-14-10-11-6-3-4-8-15(2)13(11)12-7-5-9-16-12/h5,7,9,11,13-14H,3-4,6,8,10H2,1-2H3. The Morgan fingerprint density at radius 2 is 2.38 bits per heavy atom. The van der Waals surface area contributed by atoms with Gasteiger partial charge in [-0.25, -0.2) is 0 Å². The molecule has 2 nitrogen and oxygen atoms in total. The van der Waals surface area contributed by atoms with E-state index < -0.39 is 0 Å². The van der Waals surface area contributed by atoms with Gasteiger partial charge in [0.15, 0.2) is 0 Å². The quantitative estimate of drug-likeness (QED) is 0.871. The zero-order chi connectivity index (χ0) is 11.4. The molecule has 16 heavy (non-hydrogen) atoms. The highest BCUT2D eigenvalue weighted by Crippen LogP contribution is 2.35. The maximum atomic E-state index is 3.36. The van der Waals surface area contributed by atoms with Crippen LogP contribution in [0, 0.1) is 5.92 Å². The van der Waals surface area contributed by atoms with Crippen molar-refractivity contribution < 1.29 is 0 Å². The topological polar surface area (TPSA) is 15.3 Å². The molecule has 2 unspecified atom stereocenters. The Morgan fingerprint density at radius 3 is 3.06 bits per heavy atom. The van der Waals surface area contributed by atoms with Crippen LogP contribution in [0.15, 0.2) is 17.5 Å². The van der Waals surface area contributed by atoms with Crippen molar-refractivity contribution in [1.82, 2.24) is 10.2 Å². The van der Waals surface area contributed by atoms with Crippen molar-refractivity contribution in [2.45, 2.75) is 25.3 Å².